The van der Waals surface area contributed by atoms with E-state index in [1.54, 1.807) is 6.07 Å². The molecule has 1 aromatic heterocycles. The van der Waals surface area contributed by atoms with E-state index in [2.05, 4.69) is 5.32 Å². The van der Waals surface area contributed by atoms with Crippen molar-refractivity contribution >= 4 is 62.9 Å². The van der Waals surface area contributed by atoms with Crippen molar-refractivity contribution in [2.75, 3.05) is 19.6 Å². The molecule has 21 heavy (non-hydrogen) atoms. The van der Waals surface area contributed by atoms with E-state index in [-0.39, 0.29) is 24.4 Å². The lowest BCUT2D eigenvalue weighted by atomic mass is 10.2. The third-order valence-corrected chi connectivity index (χ3v) is 5.43. The van der Waals surface area contributed by atoms with Crippen LogP contribution in [0.4, 0.5) is 0 Å². The minimum atomic E-state index is 0. The Morgan fingerprint density at radius 1 is 1.43 bits per heavy atom. The molecule has 7 heteroatoms. The molecule has 1 amide bonds. The minimum absolute atomic E-state index is 0. The maximum atomic E-state index is 12.7. The third-order valence-electron chi connectivity index (χ3n) is 3.55. The van der Waals surface area contributed by atoms with E-state index in [9.17, 15) is 4.79 Å². The van der Waals surface area contributed by atoms with Crippen molar-refractivity contribution in [3.05, 3.63) is 33.1 Å². The molecule has 3 nitrogen and oxygen atoms in total. The van der Waals surface area contributed by atoms with Crippen LogP contribution in [-0.4, -0.2) is 36.5 Å². The number of benzene rings is 1. The largest absolute Gasteiger partial charge is 0.333 e. The first-order chi connectivity index (χ1) is 9.58. The van der Waals surface area contributed by atoms with Crippen molar-refractivity contribution in [3.8, 4) is 0 Å². The van der Waals surface area contributed by atoms with Crippen molar-refractivity contribution in [1.82, 2.24) is 10.2 Å². The number of hydrogen-bond acceptors (Lipinski definition) is 3. The summed E-state index contributed by atoms with van der Waals surface area (Å²) in [7, 11) is 0. The van der Waals surface area contributed by atoms with E-state index in [4.69, 9.17) is 23.2 Å². The normalized spacial score (nSPS) is 18.6. The standard InChI is InChI=1S/C14H14Cl2N2OS.ClH/c1-8-7-17-4-5-18(8)14(19)13-12(16)10-3-2-9(15)6-11(10)20-13;/h2-3,6,8,17H,4-5,7H2,1H3;1H/t8-;/m1./s1. The highest BCUT2D eigenvalue weighted by Gasteiger charge is 2.27. The van der Waals surface area contributed by atoms with Crippen LogP contribution in [0, 0.1) is 0 Å². The fourth-order valence-corrected chi connectivity index (χ4v) is 4.19. The molecule has 1 aliphatic rings. The number of nitrogens with one attached hydrogen (secondary N) is 1. The molecule has 1 saturated heterocycles. The zero-order chi connectivity index (χ0) is 14.3. The molecule has 0 unspecified atom stereocenters. The Morgan fingerprint density at radius 2 is 2.19 bits per heavy atom. The average molecular weight is 366 g/mol. The molecule has 1 aromatic carbocycles. The van der Waals surface area contributed by atoms with Crippen LogP contribution in [0.2, 0.25) is 10.0 Å². The van der Waals surface area contributed by atoms with Crippen molar-refractivity contribution < 1.29 is 4.79 Å². The Kier molecular flexibility index (Phi) is 5.38. The first kappa shape index (κ1) is 16.8. The van der Waals surface area contributed by atoms with Gasteiger partial charge in [-0.15, -0.1) is 23.7 Å². The summed E-state index contributed by atoms with van der Waals surface area (Å²) < 4.78 is 0.952. The second-order valence-electron chi connectivity index (χ2n) is 4.94. The smallest absolute Gasteiger partial charge is 0.265 e. The van der Waals surface area contributed by atoms with Crippen LogP contribution in [0.1, 0.15) is 16.6 Å². The predicted molar refractivity (Wildman–Crippen MR) is 92.5 cm³/mol. The maximum Gasteiger partial charge on any atom is 0.265 e. The van der Waals surface area contributed by atoms with Gasteiger partial charge in [-0.1, -0.05) is 29.3 Å². The van der Waals surface area contributed by atoms with Gasteiger partial charge in [0.05, 0.1) is 5.02 Å². The van der Waals surface area contributed by atoms with E-state index >= 15 is 0 Å². The van der Waals surface area contributed by atoms with Crippen LogP contribution < -0.4 is 5.32 Å². The number of piperazine rings is 1. The molecule has 0 spiro atoms. The summed E-state index contributed by atoms with van der Waals surface area (Å²) in [6, 6.07) is 5.70. The summed E-state index contributed by atoms with van der Waals surface area (Å²) in [6.07, 6.45) is 0. The minimum Gasteiger partial charge on any atom is -0.333 e. The number of rotatable bonds is 1. The molecule has 2 heterocycles. The van der Waals surface area contributed by atoms with Gasteiger partial charge in [0.1, 0.15) is 4.88 Å². The van der Waals surface area contributed by atoms with Crippen molar-refractivity contribution in [1.29, 1.82) is 0 Å². The van der Waals surface area contributed by atoms with Gasteiger partial charge in [-0.05, 0) is 19.1 Å². The lowest BCUT2D eigenvalue weighted by Crippen LogP contribution is -2.52. The van der Waals surface area contributed by atoms with E-state index in [0.717, 1.165) is 23.2 Å². The number of fused-ring (bicyclic) bond motifs is 1. The Hall–Kier alpha value is -0.520. The van der Waals surface area contributed by atoms with Gasteiger partial charge >= 0.3 is 0 Å². The number of halogens is 3. The summed E-state index contributed by atoms with van der Waals surface area (Å²) in [5.74, 6) is 0.0151. The van der Waals surface area contributed by atoms with Crippen LogP contribution in [-0.2, 0) is 0 Å². The first-order valence-electron chi connectivity index (χ1n) is 6.47. The van der Waals surface area contributed by atoms with Crippen LogP contribution in [0.3, 0.4) is 0 Å². The van der Waals surface area contributed by atoms with Gasteiger partial charge in [-0.2, -0.15) is 0 Å². The van der Waals surface area contributed by atoms with Gasteiger partial charge in [0.2, 0.25) is 0 Å². The molecule has 1 N–H and O–H groups in total. The number of carbonyl (C=O) groups is 1. The van der Waals surface area contributed by atoms with Gasteiger partial charge in [0.25, 0.3) is 5.91 Å². The lowest BCUT2D eigenvalue weighted by Gasteiger charge is -2.33. The predicted octanol–water partition coefficient (Wildman–Crippen LogP) is 4.06. The molecule has 1 fully saturated rings. The first-order valence-corrected chi connectivity index (χ1v) is 8.04. The van der Waals surface area contributed by atoms with E-state index < -0.39 is 0 Å². The Balaban J connectivity index is 0.00000161. The van der Waals surface area contributed by atoms with Gasteiger partial charge in [-0.25, -0.2) is 0 Å². The summed E-state index contributed by atoms with van der Waals surface area (Å²) in [5.41, 5.74) is 0. The summed E-state index contributed by atoms with van der Waals surface area (Å²) in [4.78, 5) is 15.2. The number of amides is 1. The number of nitrogens with zero attached hydrogens (tertiary/aromatic N) is 1. The zero-order valence-electron chi connectivity index (χ0n) is 11.4. The highest BCUT2D eigenvalue weighted by molar-refractivity contribution is 7.21. The molecule has 0 radical (unpaired) electrons. The highest BCUT2D eigenvalue weighted by Crippen LogP contribution is 2.37. The Bertz CT molecular complexity index is 674. The summed E-state index contributed by atoms with van der Waals surface area (Å²) in [6.45, 7) is 4.40. The fraction of sp³-hybridized carbons (Fsp3) is 0.357. The van der Waals surface area contributed by atoms with Crippen molar-refractivity contribution in [2.45, 2.75) is 13.0 Å². The highest BCUT2D eigenvalue weighted by atomic mass is 35.5. The molecule has 114 valence electrons. The number of hydrogen-bond donors (Lipinski definition) is 1. The third kappa shape index (κ3) is 3.15. The molecule has 0 aliphatic carbocycles. The summed E-state index contributed by atoms with van der Waals surface area (Å²) >= 11 is 13.8. The van der Waals surface area contributed by atoms with E-state index in [1.807, 2.05) is 24.0 Å². The van der Waals surface area contributed by atoms with Crippen LogP contribution in [0.5, 0.6) is 0 Å². The topological polar surface area (TPSA) is 32.3 Å². The monoisotopic (exact) mass is 364 g/mol. The van der Waals surface area contributed by atoms with E-state index in [0.29, 0.717) is 21.5 Å². The summed E-state index contributed by atoms with van der Waals surface area (Å²) in [5, 5.41) is 5.37. The second-order valence-corrected chi connectivity index (χ2v) is 6.80. The van der Waals surface area contributed by atoms with Gasteiger partial charge in [0, 0.05) is 40.8 Å². The molecule has 1 atom stereocenters. The zero-order valence-corrected chi connectivity index (χ0v) is 14.5. The molecule has 0 bridgehead atoms. The van der Waals surface area contributed by atoms with Crippen LogP contribution in [0.25, 0.3) is 10.1 Å². The molecule has 1 aliphatic heterocycles. The number of thiophene rings is 1. The van der Waals surface area contributed by atoms with Gasteiger partial charge in [0.15, 0.2) is 0 Å². The lowest BCUT2D eigenvalue weighted by molar-refractivity contribution is 0.0661. The van der Waals surface area contributed by atoms with Crippen molar-refractivity contribution in [3.63, 3.8) is 0 Å². The molecule has 3 rings (SSSR count). The molecule has 0 saturated carbocycles. The quantitative estimate of drug-likeness (QED) is 0.826. The number of carbonyl (C=O) groups excluding carboxylic acids is 1. The van der Waals surface area contributed by atoms with Gasteiger partial charge in [-0.3, -0.25) is 4.79 Å². The SMILES string of the molecule is C[C@@H]1CNCCN1C(=O)c1sc2cc(Cl)ccc2c1Cl.Cl. The maximum absolute atomic E-state index is 12.7. The van der Waals surface area contributed by atoms with E-state index in [1.165, 1.54) is 11.3 Å². The second kappa shape index (κ2) is 6.71. The van der Waals surface area contributed by atoms with Crippen LogP contribution >= 0.6 is 46.9 Å². The van der Waals surface area contributed by atoms with Crippen molar-refractivity contribution in [2.24, 2.45) is 0 Å². The Labute approximate surface area is 143 Å². The van der Waals surface area contributed by atoms with Crippen LogP contribution in [0.15, 0.2) is 18.2 Å². The molecular formula is C14H15Cl3N2OS. The molecular weight excluding hydrogens is 351 g/mol. The Morgan fingerprint density at radius 3 is 2.90 bits per heavy atom. The van der Waals surface area contributed by atoms with Gasteiger partial charge < -0.3 is 10.2 Å². The average Bonchev–Trinajstić information content (AvgIpc) is 2.75. The molecule has 2 aromatic rings. The fourth-order valence-electron chi connectivity index (χ4n) is 2.45.